The van der Waals surface area contributed by atoms with Crippen LogP contribution in [0.1, 0.15) is 26.2 Å². The van der Waals surface area contributed by atoms with Gasteiger partial charge in [0.25, 0.3) is 5.69 Å². The number of nitrogens with zero attached hydrogens (tertiary/aromatic N) is 2. The topological polar surface area (TPSA) is 58.4 Å². The Labute approximate surface area is 113 Å². The maximum absolute atomic E-state index is 11.0. The van der Waals surface area contributed by atoms with E-state index in [2.05, 4.69) is 17.1 Å². The monoisotopic (exact) mass is 263 g/mol. The van der Waals surface area contributed by atoms with Crippen LogP contribution in [-0.4, -0.2) is 25.1 Å². The van der Waals surface area contributed by atoms with Gasteiger partial charge in [-0.2, -0.15) is 0 Å². The first kappa shape index (κ1) is 13.6. The average molecular weight is 263 g/mol. The molecule has 0 radical (unpaired) electrons. The van der Waals surface area contributed by atoms with Gasteiger partial charge in [0.05, 0.1) is 4.92 Å². The lowest BCUT2D eigenvalue weighted by Gasteiger charge is -2.23. The molecule has 0 aromatic heterocycles. The maximum atomic E-state index is 11.0. The van der Waals surface area contributed by atoms with Crippen molar-refractivity contribution in [3.05, 3.63) is 28.3 Å². The highest BCUT2D eigenvalue weighted by Gasteiger charge is 2.17. The summed E-state index contributed by atoms with van der Waals surface area (Å²) in [5.41, 5.74) is 1.90. The fraction of sp³-hybridized carbons (Fsp3) is 0.571. The number of nitro groups is 1. The summed E-state index contributed by atoms with van der Waals surface area (Å²) < 4.78 is 0. The summed E-state index contributed by atoms with van der Waals surface area (Å²) in [5.74, 6) is 0.743. The van der Waals surface area contributed by atoms with Crippen LogP contribution in [0.25, 0.3) is 0 Å². The Bertz CT molecular complexity index is 462. The summed E-state index contributed by atoms with van der Waals surface area (Å²) in [7, 11) is 1.79. The molecule has 1 fully saturated rings. The molecule has 0 spiro atoms. The molecule has 1 aromatic rings. The number of rotatable bonds is 3. The van der Waals surface area contributed by atoms with E-state index in [0.29, 0.717) is 0 Å². The van der Waals surface area contributed by atoms with E-state index in [1.165, 1.54) is 6.42 Å². The first-order valence-corrected chi connectivity index (χ1v) is 6.82. The van der Waals surface area contributed by atoms with E-state index in [4.69, 9.17) is 0 Å². The third-order valence-electron chi connectivity index (χ3n) is 3.78. The van der Waals surface area contributed by atoms with Crippen LogP contribution >= 0.6 is 0 Å². The van der Waals surface area contributed by atoms with Gasteiger partial charge < -0.3 is 10.2 Å². The Kier molecular flexibility index (Phi) is 4.24. The molecule has 1 saturated heterocycles. The first-order chi connectivity index (χ1) is 9.10. The summed E-state index contributed by atoms with van der Waals surface area (Å²) in [5, 5.41) is 14.0. The molecule has 104 valence electrons. The van der Waals surface area contributed by atoms with Gasteiger partial charge in [0, 0.05) is 43.6 Å². The molecular formula is C14H21N3O2. The Morgan fingerprint density at radius 2 is 2.11 bits per heavy atom. The van der Waals surface area contributed by atoms with E-state index in [1.54, 1.807) is 19.2 Å². The van der Waals surface area contributed by atoms with Crippen LogP contribution in [0.15, 0.2) is 18.2 Å². The summed E-state index contributed by atoms with van der Waals surface area (Å²) in [6, 6.07) is 5.24. The van der Waals surface area contributed by atoms with Crippen molar-refractivity contribution >= 4 is 17.1 Å². The van der Waals surface area contributed by atoms with Crippen LogP contribution < -0.4 is 10.2 Å². The van der Waals surface area contributed by atoms with E-state index in [9.17, 15) is 10.1 Å². The number of hydrogen-bond donors (Lipinski definition) is 1. The van der Waals surface area contributed by atoms with Gasteiger partial charge in [0.15, 0.2) is 0 Å². The lowest BCUT2D eigenvalue weighted by molar-refractivity contribution is -0.384. The molecular weight excluding hydrogens is 242 g/mol. The third-order valence-corrected chi connectivity index (χ3v) is 3.78. The molecule has 0 aliphatic carbocycles. The van der Waals surface area contributed by atoms with E-state index in [1.807, 2.05) is 6.07 Å². The van der Waals surface area contributed by atoms with Crippen LogP contribution in [0.2, 0.25) is 0 Å². The maximum Gasteiger partial charge on any atom is 0.273 e. The van der Waals surface area contributed by atoms with Gasteiger partial charge in [0.2, 0.25) is 0 Å². The summed E-state index contributed by atoms with van der Waals surface area (Å²) in [6.45, 7) is 4.23. The Morgan fingerprint density at radius 1 is 1.32 bits per heavy atom. The smallest absolute Gasteiger partial charge is 0.273 e. The standard InChI is InChI=1S/C14H21N3O2/c1-11-4-3-6-16(7-5-11)13-8-12(15-2)9-14(10-13)17(18)19/h8-11,15H,3-7H2,1-2H3. The minimum Gasteiger partial charge on any atom is -0.388 e. The van der Waals surface area contributed by atoms with Crippen molar-refractivity contribution in [2.75, 3.05) is 30.4 Å². The van der Waals surface area contributed by atoms with Crippen LogP contribution in [0, 0.1) is 16.0 Å². The van der Waals surface area contributed by atoms with Crippen molar-refractivity contribution in [1.29, 1.82) is 0 Å². The van der Waals surface area contributed by atoms with Crippen molar-refractivity contribution in [1.82, 2.24) is 0 Å². The number of nitrogens with one attached hydrogen (secondary N) is 1. The van der Waals surface area contributed by atoms with Crippen molar-refractivity contribution in [2.24, 2.45) is 5.92 Å². The van der Waals surface area contributed by atoms with Gasteiger partial charge in [-0.1, -0.05) is 6.92 Å². The van der Waals surface area contributed by atoms with Crippen LogP contribution in [-0.2, 0) is 0 Å². The minimum atomic E-state index is -0.329. The molecule has 1 heterocycles. The number of non-ortho nitro benzene ring substituents is 1. The SMILES string of the molecule is CNc1cc(N2CCCC(C)CC2)cc([N+](=O)[O-])c1. The molecule has 1 N–H and O–H groups in total. The Hall–Kier alpha value is -1.78. The molecule has 1 aliphatic heterocycles. The fourth-order valence-electron chi connectivity index (χ4n) is 2.55. The normalized spacial score (nSPS) is 19.9. The predicted octanol–water partition coefficient (Wildman–Crippen LogP) is 3.26. The van der Waals surface area contributed by atoms with Crippen LogP contribution in [0.4, 0.5) is 17.1 Å². The molecule has 2 rings (SSSR count). The van der Waals surface area contributed by atoms with Gasteiger partial charge in [-0.3, -0.25) is 10.1 Å². The van der Waals surface area contributed by atoms with Gasteiger partial charge in [-0.25, -0.2) is 0 Å². The predicted molar refractivity (Wildman–Crippen MR) is 77.9 cm³/mol. The van der Waals surface area contributed by atoms with Gasteiger partial charge in [-0.05, 0) is 31.2 Å². The Balaban J connectivity index is 2.27. The average Bonchev–Trinajstić information content (AvgIpc) is 2.63. The molecule has 19 heavy (non-hydrogen) atoms. The molecule has 0 amide bonds. The second-order valence-corrected chi connectivity index (χ2v) is 5.27. The van der Waals surface area contributed by atoms with E-state index < -0.39 is 0 Å². The second kappa shape index (κ2) is 5.91. The molecule has 5 heteroatoms. The summed E-state index contributed by atoms with van der Waals surface area (Å²) in [4.78, 5) is 12.9. The van der Waals surface area contributed by atoms with Crippen LogP contribution in [0.3, 0.4) is 0 Å². The van der Waals surface area contributed by atoms with Crippen molar-refractivity contribution in [3.63, 3.8) is 0 Å². The second-order valence-electron chi connectivity index (χ2n) is 5.27. The largest absolute Gasteiger partial charge is 0.388 e. The molecule has 1 aromatic carbocycles. The number of nitro benzene ring substituents is 1. The highest BCUT2D eigenvalue weighted by molar-refractivity contribution is 5.64. The lowest BCUT2D eigenvalue weighted by Crippen LogP contribution is -2.24. The van der Waals surface area contributed by atoms with Gasteiger partial charge in [-0.15, -0.1) is 0 Å². The zero-order valence-corrected chi connectivity index (χ0v) is 11.6. The molecule has 1 unspecified atom stereocenters. The molecule has 1 atom stereocenters. The summed E-state index contributed by atoms with van der Waals surface area (Å²) >= 11 is 0. The van der Waals surface area contributed by atoms with Crippen molar-refractivity contribution < 1.29 is 4.92 Å². The number of anilines is 2. The zero-order valence-electron chi connectivity index (χ0n) is 11.6. The fourth-order valence-corrected chi connectivity index (χ4v) is 2.55. The van der Waals surface area contributed by atoms with Crippen LogP contribution in [0.5, 0.6) is 0 Å². The van der Waals surface area contributed by atoms with E-state index >= 15 is 0 Å². The Morgan fingerprint density at radius 3 is 2.79 bits per heavy atom. The molecule has 1 aliphatic rings. The minimum absolute atomic E-state index is 0.152. The van der Waals surface area contributed by atoms with Crippen molar-refractivity contribution in [2.45, 2.75) is 26.2 Å². The first-order valence-electron chi connectivity index (χ1n) is 6.82. The highest BCUT2D eigenvalue weighted by atomic mass is 16.6. The lowest BCUT2D eigenvalue weighted by atomic mass is 10.0. The number of hydrogen-bond acceptors (Lipinski definition) is 4. The zero-order chi connectivity index (χ0) is 13.8. The summed E-state index contributed by atoms with van der Waals surface area (Å²) in [6.07, 6.45) is 3.54. The molecule has 5 nitrogen and oxygen atoms in total. The van der Waals surface area contributed by atoms with Gasteiger partial charge in [0.1, 0.15) is 0 Å². The highest BCUT2D eigenvalue weighted by Crippen LogP contribution is 2.29. The third kappa shape index (κ3) is 3.36. The van der Waals surface area contributed by atoms with Gasteiger partial charge >= 0.3 is 0 Å². The number of benzene rings is 1. The molecule has 0 saturated carbocycles. The van der Waals surface area contributed by atoms with Crippen molar-refractivity contribution in [3.8, 4) is 0 Å². The van der Waals surface area contributed by atoms with E-state index in [-0.39, 0.29) is 10.6 Å². The quantitative estimate of drug-likeness (QED) is 0.671. The molecule has 0 bridgehead atoms. The van der Waals surface area contributed by atoms with E-state index in [0.717, 1.165) is 43.2 Å².